The van der Waals surface area contributed by atoms with Gasteiger partial charge in [0.25, 0.3) is 0 Å². The van der Waals surface area contributed by atoms with Gasteiger partial charge < -0.3 is 19.5 Å². The van der Waals surface area contributed by atoms with E-state index in [2.05, 4.69) is 6.92 Å². The third kappa shape index (κ3) is 4.53. The van der Waals surface area contributed by atoms with Crippen LogP contribution < -0.4 is 4.74 Å². The predicted molar refractivity (Wildman–Crippen MR) is 95.5 cm³/mol. The summed E-state index contributed by atoms with van der Waals surface area (Å²) in [6.07, 6.45) is 5.28. The number of hydrogen-bond donors (Lipinski definition) is 1. The van der Waals surface area contributed by atoms with Crippen LogP contribution in [-0.4, -0.2) is 54.4 Å². The molecule has 1 atom stereocenters. The molecule has 0 unspecified atom stereocenters. The molecule has 1 aromatic carbocycles. The molecule has 1 saturated heterocycles. The molecular formula is C20H29NO4. The van der Waals surface area contributed by atoms with E-state index in [1.165, 1.54) is 6.42 Å². The van der Waals surface area contributed by atoms with Gasteiger partial charge in [-0.2, -0.15) is 0 Å². The molecule has 3 rings (SSSR count). The summed E-state index contributed by atoms with van der Waals surface area (Å²) in [6.45, 7) is 3.60. The van der Waals surface area contributed by atoms with Crippen LogP contribution in [0.2, 0.25) is 0 Å². The van der Waals surface area contributed by atoms with Crippen LogP contribution >= 0.6 is 0 Å². The molecule has 1 aliphatic carbocycles. The third-order valence-corrected chi connectivity index (χ3v) is 5.37. The van der Waals surface area contributed by atoms with E-state index >= 15 is 0 Å². The minimum absolute atomic E-state index is 0.109. The van der Waals surface area contributed by atoms with E-state index in [1.807, 2.05) is 30.3 Å². The maximum Gasteiger partial charge on any atom is 0.228 e. The molecule has 0 spiro atoms. The summed E-state index contributed by atoms with van der Waals surface area (Å²) in [7, 11) is 0. The topological polar surface area (TPSA) is 59.0 Å². The molecule has 1 amide bonds. The summed E-state index contributed by atoms with van der Waals surface area (Å²) in [4.78, 5) is 14.9. The number of β-amino-alcohol motifs (C(OH)–C–C–N with tert-alkyl or cyclic N) is 1. The average molecular weight is 347 g/mol. The number of carbonyl (C=O) groups is 1. The van der Waals surface area contributed by atoms with Gasteiger partial charge in [-0.15, -0.1) is 0 Å². The molecule has 1 aliphatic heterocycles. The molecular weight excluding hydrogens is 318 g/mol. The first-order valence-electron chi connectivity index (χ1n) is 9.28. The van der Waals surface area contributed by atoms with E-state index in [0.717, 1.165) is 25.7 Å². The van der Waals surface area contributed by atoms with Gasteiger partial charge in [0, 0.05) is 12.0 Å². The number of amides is 1. The van der Waals surface area contributed by atoms with Gasteiger partial charge in [0.05, 0.1) is 19.8 Å². The van der Waals surface area contributed by atoms with E-state index < -0.39 is 5.60 Å². The number of benzene rings is 1. The smallest absolute Gasteiger partial charge is 0.228 e. The molecule has 1 N–H and O–H groups in total. The summed E-state index contributed by atoms with van der Waals surface area (Å²) in [5.74, 6) is 0.855. The zero-order valence-corrected chi connectivity index (χ0v) is 15.1. The van der Waals surface area contributed by atoms with E-state index in [1.54, 1.807) is 4.90 Å². The van der Waals surface area contributed by atoms with Crippen molar-refractivity contribution in [1.29, 1.82) is 0 Å². The molecule has 0 aromatic heterocycles. The molecule has 5 nitrogen and oxygen atoms in total. The zero-order chi connectivity index (χ0) is 17.8. The van der Waals surface area contributed by atoms with Gasteiger partial charge in [0.2, 0.25) is 5.91 Å². The Morgan fingerprint density at radius 1 is 1.24 bits per heavy atom. The van der Waals surface area contributed by atoms with Crippen molar-refractivity contribution in [3.63, 3.8) is 0 Å². The summed E-state index contributed by atoms with van der Waals surface area (Å²) >= 11 is 0. The number of rotatable bonds is 4. The molecule has 25 heavy (non-hydrogen) atoms. The lowest BCUT2D eigenvalue weighted by molar-refractivity contribution is -0.146. The zero-order valence-electron chi connectivity index (χ0n) is 15.1. The lowest BCUT2D eigenvalue weighted by atomic mass is 9.74. The van der Waals surface area contributed by atoms with Gasteiger partial charge in [-0.25, -0.2) is 0 Å². The van der Waals surface area contributed by atoms with Gasteiger partial charge >= 0.3 is 0 Å². The second kappa shape index (κ2) is 7.75. The molecule has 1 aromatic rings. The first kappa shape index (κ1) is 18.2. The van der Waals surface area contributed by atoms with E-state index in [-0.39, 0.29) is 31.1 Å². The molecule has 138 valence electrons. The highest BCUT2D eigenvalue weighted by Gasteiger charge is 2.42. The SMILES string of the molecule is CC1(C(=O)N2CCOC[C@](O)(COc3ccccc3)C2)CCCCC1. The van der Waals surface area contributed by atoms with Crippen molar-refractivity contribution in [2.75, 3.05) is 32.9 Å². The number of aliphatic hydroxyl groups is 1. The highest BCUT2D eigenvalue weighted by Crippen LogP contribution is 2.38. The Kier molecular flexibility index (Phi) is 5.64. The number of ether oxygens (including phenoxy) is 2. The van der Waals surface area contributed by atoms with E-state index in [9.17, 15) is 9.90 Å². The van der Waals surface area contributed by atoms with Crippen molar-refractivity contribution in [1.82, 2.24) is 4.90 Å². The number of nitrogens with zero attached hydrogens (tertiary/aromatic N) is 1. The first-order chi connectivity index (χ1) is 12.0. The molecule has 2 fully saturated rings. The van der Waals surface area contributed by atoms with E-state index in [4.69, 9.17) is 9.47 Å². The second-order valence-electron chi connectivity index (χ2n) is 7.73. The summed E-state index contributed by atoms with van der Waals surface area (Å²) in [6, 6.07) is 9.41. The molecule has 2 aliphatic rings. The quantitative estimate of drug-likeness (QED) is 0.910. The van der Waals surface area contributed by atoms with Crippen LogP contribution in [0.3, 0.4) is 0 Å². The van der Waals surface area contributed by atoms with Gasteiger partial charge in [-0.3, -0.25) is 4.79 Å². The lowest BCUT2D eigenvalue weighted by Gasteiger charge is -2.38. The van der Waals surface area contributed by atoms with Crippen LogP contribution in [0.25, 0.3) is 0 Å². The Bertz CT molecular complexity index is 570. The molecule has 0 radical (unpaired) electrons. The van der Waals surface area contributed by atoms with Gasteiger partial charge in [-0.05, 0) is 25.0 Å². The Balaban J connectivity index is 1.66. The standard InChI is InChI=1S/C20H29NO4/c1-19(10-6-3-7-11-19)18(22)21-12-13-24-15-20(23,14-21)16-25-17-8-4-2-5-9-17/h2,4-5,8-9,23H,3,6-7,10-16H2,1H3/t20-/m0/s1. The Morgan fingerprint density at radius 2 is 1.96 bits per heavy atom. The summed E-state index contributed by atoms with van der Waals surface area (Å²) < 4.78 is 11.3. The van der Waals surface area contributed by atoms with Gasteiger partial charge in [0.1, 0.15) is 18.0 Å². The van der Waals surface area contributed by atoms with Crippen molar-refractivity contribution in [2.24, 2.45) is 5.41 Å². The second-order valence-corrected chi connectivity index (χ2v) is 7.73. The summed E-state index contributed by atoms with van der Waals surface area (Å²) in [5, 5.41) is 11.0. The van der Waals surface area contributed by atoms with Crippen molar-refractivity contribution in [3.8, 4) is 5.75 Å². The normalized spacial score (nSPS) is 26.7. The molecule has 0 bridgehead atoms. The number of para-hydroxylation sites is 1. The maximum atomic E-state index is 13.1. The molecule has 1 heterocycles. The van der Waals surface area contributed by atoms with Crippen molar-refractivity contribution in [3.05, 3.63) is 30.3 Å². The monoisotopic (exact) mass is 347 g/mol. The average Bonchev–Trinajstić information content (AvgIpc) is 2.83. The minimum atomic E-state index is -1.19. The first-order valence-corrected chi connectivity index (χ1v) is 9.28. The fourth-order valence-corrected chi connectivity index (χ4v) is 3.84. The molecule has 1 saturated carbocycles. The van der Waals surface area contributed by atoms with Gasteiger partial charge in [-0.1, -0.05) is 44.4 Å². The van der Waals surface area contributed by atoms with Crippen LogP contribution in [0.4, 0.5) is 0 Å². The maximum absolute atomic E-state index is 13.1. The lowest BCUT2D eigenvalue weighted by Crippen LogP contribution is -2.53. The van der Waals surface area contributed by atoms with Crippen molar-refractivity contribution >= 4 is 5.91 Å². The van der Waals surface area contributed by atoms with E-state index in [0.29, 0.717) is 18.9 Å². The third-order valence-electron chi connectivity index (χ3n) is 5.37. The van der Waals surface area contributed by atoms with Crippen LogP contribution in [0.15, 0.2) is 30.3 Å². The van der Waals surface area contributed by atoms with Gasteiger partial charge in [0.15, 0.2) is 0 Å². The number of hydrogen-bond acceptors (Lipinski definition) is 4. The van der Waals surface area contributed by atoms with Crippen LogP contribution in [0.1, 0.15) is 39.0 Å². The summed E-state index contributed by atoms with van der Waals surface area (Å²) in [5.41, 5.74) is -1.49. The number of carbonyl (C=O) groups excluding carboxylic acids is 1. The van der Waals surface area contributed by atoms with Crippen LogP contribution in [-0.2, 0) is 9.53 Å². The highest BCUT2D eigenvalue weighted by molar-refractivity contribution is 5.82. The fourth-order valence-electron chi connectivity index (χ4n) is 3.84. The van der Waals surface area contributed by atoms with Crippen molar-refractivity contribution in [2.45, 2.75) is 44.6 Å². The Morgan fingerprint density at radius 3 is 2.68 bits per heavy atom. The minimum Gasteiger partial charge on any atom is -0.490 e. The molecule has 5 heteroatoms. The van der Waals surface area contributed by atoms with Crippen molar-refractivity contribution < 1.29 is 19.4 Å². The Hall–Kier alpha value is -1.59. The fraction of sp³-hybridized carbons (Fsp3) is 0.650. The van der Waals surface area contributed by atoms with Crippen LogP contribution in [0.5, 0.6) is 5.75 Å². The largest absolute Gasteiger partial charge is 0.490 e. The van der Waals surface area contributed by atoms with Crippen LogP contribution in [0, 0.1) is 5.41 Å². The predicted octanol–water partition coefficient (Wildman–Crippen LogP) is 2.63. The Labute approximate surface area is 149 Å². The highest BCUT2D eigenvalue weighted by atomic mass is 16.5.